The van der Waals surface area contributed by atoms with Crippen molar-refractivity contribution in [1.29, 1.82) is 0 Å². The maximum absolute atomic E-state index is 12.7. The van der Waals surface area contributed by atoms with Gasteiger partial charge in [-0.3, -0.25) is 14.5 Å². The number of halogens is 1. The first kappa shape index (κ1) is 22.7. The number of esters is 1. The van der Waals surface area contributed by atoms with E-state index < -0.39 is 0 Å². The third-order valence-electron chi connectivity index (χ3n) is 3.78. The summed E-state index contributed by atoms with van der Waals surface area (Å²) in [6.07, 6.45) is 2.53. The summed E-state index contributed by atoms with van der Waals surface area (Å²) in [5, 5.41) is 0. The number of hydrogen-bond donors (Lipinski definition) is 0. The topological polar surface area (TPSA) is 65.1 Å². The SMILES string of the molecule is CCOC(=O)CCCN1C(=O)/C(=C/c2cc(Br)c(OC)c(OCC)c2)SC1=S. The molecule has 0 aliphatic carbocycles. The van der Waals surface area contributed by atoms with Crippen LogP contribution < -0.4 is 9.47 Å². The van der Waals surface area contributed by atoms with Gasteiger partial charge in [-0.05, 0) is 60.0 Å². The molecule has 6 nitrogen and oxygen atoms in total. The maximum atomic E-state index is 12.7. The van der Waals surface area contributed by atoms with Crippen molar-refractivity contribution < 1.29 is 23.8 Å². The van der Waals surface area contributed by atoms with Crippen LogP contribution in [0.1, 0.15) is 32.3 Å². The molecule has 0 aromatic heterocycles. The van der Waals surface area contributed by atoms with Gasteiger partial charge in [-0.2, -0.15) is 0 Å². The lowest BCUT2D eigenvalue weighted by Gasteiger charge is -2.14. The molecule has 1 aromatic carbocycles. The minimum Gasteiger partial charge on any atom is -0.492 e. The number of carbonyl (C=O) groups excluding carboxylic acids is 2. The lowest BCUT2D eigenvalue weighted by molar-refractivity contribution is -0.143. The quantitative estimate of drug-likeness (QED) is 0.290. The fourth-order valence-electron chi connectivity index (χ4n) is 2.59. The van der Waals surface area contributed by atoms with Gasteiger partial charge in [0.15, 0.2) is 11.5 Å². The molecule has 1 heterocycles. The number of amides is 1. The Bertz CT molecular complexity index is 797. The van der Waals surface area contributed by atoms with Crippen molar-refractivity contribution in [2.24, 2.45) is 0 Å². The molecule has 1 aliphatic heterocycles. The van der Waals surface area contributed by atoms with Crippen molar-refractivity contribution in [2.45, 2.75) is 26.7 Å². The van der Waals surface area contributed by atoms with E-state index in [-0.39, 0.29) is 18.3 Å². The molecular formula is C19H22BrNO5S2. The van der Waals surface area contributed by atoms with Crippen LogP contribution in [0, 0.1) is 0 Å². The molecule has 1 saturated heterocycles. The largest absolute Gasteiger partial charge is 0.492 e. The van der Waals surface area contributed by atoms with E-state index in [1.807, 2.05) is 19.1 Å². The zero-order chi connectivity index (χ0) is 20.7. The van der Waals surface area contributed by atoms with Crippen LogP contribution in [0.3, 0.4) is 0 Å². The Morgan fingerprint density at radius 3 is 2.71 bits per heavy atom. The number of nitrogens with zero attached hydrogens (tertiary/aromatic N) is 1. The highest BCUT2D eigenvalue weighted by Gasteiger charge is 2.31. The highest BCUT2D eigenvalue weighted by Crippen LogP contribution is 2.39. The Labute approximate surface area is 182 Å². The Morgan fingerprint density at radius 1 is 1.32 bits per heavy atom. The van der Waals surface area contributed by atoms with Crippen molar-refractivity contribution in [3.05, 3.63) is 27.1 Å². The van der Waals surface area contributed by atoms with Gasteiger partial charge in [-0.25, -0.2) is 0 Å². The van der Waals surface area contributed by atoms with Crippen molar-refractivity contribution >= 4 is 62.2 Å². The van der Waals surface area contributed by atoms with Crippen LogP contribution in [-0.2, 0) is 14.3 Å². The van der Waals surface area contributed by atoms with Gasteiger partial charge in [-0.15, -0.1) is 0 Å². The molecule has 0 spiro atoms. The molecule has 1 amide bonds. The van der Waals surface area contributed by atoms with E-state index in [1.165, 1.54) is 16.7 Å². The normalized spacial score (nSPS) is 15.3. The monoisotopic (exact) mass is 487 g/mol. The second-order valence-corrected chi connectivity index (χ2v) is 8.24. The first-order chi connectivity index (χ1) is 13.4. The van der Waals surface area contributed by atoms with E-state index in [9.17, 15) is 9.59 Å². The van der Waals surface area contributed by atoms with E-state index in [0.29, 0.717) is 46.9 Å². The fraction of sp³-hybridized carbons (Fsp3) is 0.421. The van der Waals surface area contributed by atoms with E-state index in [1.54, 1.807) is 20.1 Å². The van der Waals surface area contributed by atoms with Crippen molar-refractivity contribution in [3.63, 3.8) is 0 Å². The molecule has 0 bridgehead atoms. The molecule has 0 unspecified atom stereocenters. The Hall–Kier alpha value is -1.58. The number of hydrogen-bond acceptors (Lipinski definition) is 7. The Kier molecular flexibility index (Phi) is 8.78. The molecule has 28 heavy (non-hydrogen) atoms. The van der Waals surface area contributed by atoms with Gasteiger partial charge in [0, 0.05) is 13.0 Å². The average Bonchev–Trinajstić information content (AvgIpc) is 2.89. The molecule has 1 aromatic rings. The number of ether oxygens (including phenoxy) is 3. The number of benzene rings is 1. The molecule has 152 valence electrons. The zero-order valence-electron chi connectivity index (χ0n) is 16.0. The lowest BCUT2D eigenvalue weighted by Crippen LogP contribution is -2.29. The molecule has 0 N–H and O–H groups in total. The third-order valence-corrected chi connectivity index (χ3v) is 5.74. The first-order valence-corrected chi connectivity index (χ1v) is 10.8. The summed E-state index contributed by atoms with van der Waals surface area (Å²) in [5.74, 6) is 0.764. The zero-order valence-corrected chi connectivity index (χ0v) is 19.2. The van der Waals surface area contributed by atoms with E-state index >= 15 is 0 Å². The van der Waals surface area contributed by atoms with Gasteiger partial charge in [-0.1, -0.05) is 24.0 Å². The number of carbonyl (C=O) groups is 2. The summed E-state index contributed by atoms with van der Waals surface area (Å²) < 4.78 is 17.1. The third kappa shape index (κ3) is 5.71. The standard InChI is InChI=1S/C19H22BrNO5S2/c1-4-25-14-10-12(9-13(20)17(14)24-3)11-15-18(23)21(19(27)28-15)8-6-7-16(22)26-5-2/h9-11H,4-8H2,1-3H3/b15-11-. The molecule has 2 rings (SSSR count). The van der Waals surface area contributed by atoms with Crippen molar-refractivity contribution in [2.75, 3.05) is 26.9 Å². The molecule has 0 radical (unpaired) electrons. The number of rotatable bonds is 9. The number of thiocarbonyl (C=S) groups is 1. The second-order valence-electron chi connectivity index (χ2n) is 5.71. The van der Waals surface area contributed by atoms with Crippen LogP contribution in [0.25, 0.3) is 6.08 Å². The molecule has 0 atom stereocenters. The predicted octanol–water partition coefficient (Wildman–Crippen LogP) is 4.40. The van der Waals surface area contributed by atoms with E-state index in [4.69, 9.17) is 26.4 Å². The molecule has 9 heteroatoms. The van der Waals surface area contributed by atoms with E-state index in [2.05, 4.69) is 15.9 Å². The van der Waals surface area contributed by atoms with Gasteiger partial charge < -0.3 is 14.2 Å². The highest BCUT2D eigenvalue weighted by molar-refractivity contribution is 9.10. The van der Waals surface area contributed by atoms with E-state index in [0.717, 1.165) is 10.0 Å². The van der Waals surface area contributed by atoms with Crippen LogP contribution in [0.5, 0.6) is 11.5 Å². The second kappa shape index (κ2) is 10.8. The summed E-state index contributed by atoms with van der Waals surface area (Å²) in [5.41, 5.74) is 0.795. The average molecular weight is 488 g/mol. The minimum atomic E-state index is -0.269. The van der Waals surface area contributed by atoms with Gasteiger partial charge in [0.05, 0.1) is 29.7 Å². The smallest absolute Gasteiger partial charge is 0.305 e. The summed E-state index contributed by atoms with van der Waals surface area (Å²) in [6, 6.07) is 3.68. The summed E-state index contributed by atoms with van der Waals surface area (Å²) >= 11 is 10.0. The number of thioether (sulfide) groups is 1. The van der Waals surface area contributed by atoms with Crippen LogP contribution in [0.2, 0.25) is 0 Å². The molecule has 0 saturated carbocycles. The van der Waals surface area contributed by atoms with Crippen LogP contribution in [0.4, 0.5) is 0 Å². The van der Waals surface area contributed by atoms with Gasteiger partial charge in [0.1, 0.15) is 4.32 Å². The minimum absolute atomic E-state index is 0.163. The summed E-state index contributed by atoms with van der Waals surface area (Å²) in [7, 11) is 1.57. The van der Waals surface area contributed by atoms with Crippen molar-refractivity contribution in [1.82, 2.24) is 4.90 Å². The maximum Gasteiger partial charge on any atom is 0.305 e. The fourth-order valence-corrected chi connectivity index (χ4v) is 4.52. The number of methoxy groups -OCH3 is 1. The van der Waals surface area contributed by atoms with Crippen LogP contribution in [0.15, 0.2) is 21.5 Å². The Morgan fingerprint density at radius 2 is 2.07 bits per heavy atom. The van der Waals surface area contributed by atoms with Gasteiger partial charge in [0.2, 0.25) is 0 Å². The predicted molar refractivity (Wildman–Crippen MR) is 118 cm³/mol. The van der Waals surface area contributed by atoms with Crippen LogP contribution >= 0.6 is 39.9 Å². The lowest BCUT2D eigenvalue weighted by atomic mass is 10.2. The van der Waals surface area contributed by atoms with Gasteiger partial charge >= 0.3 is 5.97 Å². The molecule has 1 aliphatic rings. The Balaban J connectivity index is 2.13. The van der Waals surface area contributed by atoms with Crippen LogP contribution in [-0.4, -0.2) is 48.0 Å². The molecular weight excluding hydrogens is 466 g/mol. The van der Waals surface area contributed by atoms with Crippen molar-refractivity contribution in [3.8, 4) is 11.5 Å². The molecule has 1 fully saturated rings. The first-order valence-electron chi connectivity index (χ1n) is 8.82. The highest BCUT2D eigenvalue weighted by atomic mass is 79.9. The van der Waals surface area contributed by atoms with Gasteiger partial charge in [0.25, 0.3) is 5.91 Å². The summed E-state index contributed by atoms with van der Waals surface area (Å²) in [6.45, 7) is 4.89. The summed E-state index contributed by atoms with van der Waals surface area (Å²) in [4.78, 5) is 26.2.